The molecule has 1 unspecified atom stereocenters. The number of amides is 1. The number of aryl methyl sites for hydroxylation is 1. The Labute approximate surface area is 138 Å². The molecule has 0 aliphatic carbocycles. The molecule has 0 aliphatic heterocycles. The highest BCUT2D eigenvalue weighted by atomic mass is 79.9. The summed E-state index contributed by atoms with van der Waals surface area (Å²) in [4.78, 5) is 12.2. The number of hydrogen-bond acceptors (Lipinski definition) is 2. The summed E-state index contributed by atoms with van der Waals surface area (Å²) in [5.41, 5.74) is 2.48. The molecule has 2 aromatic rings. The molecule has 0 saturated heterocycles. The molecule has 112 valence electrons. The van der Waals surface area contributed by atoms with E-state index in [2.05, 4.69) is 27.2 Å². The fourth-order valence-corrected chi connectivity index (χ4v) is 2.46. The molecule has 0 fully saturated rings. The van der Waals surface area contributed by atoms with Gasteiger partial charge >= 0.3 is 0 Å². The monoisotopic (exact) mass is 357 g/mol. The number of halogens is 1. The molecule has 0 heterocycles. The van der Waals surface area contributed by atoms with Crippen LogP contribution in [0.2, 0.25) is 0 Å². The topological polar surface area (TPSA) is 38.3 Å². The van der Waals surface area contributed by atoms with Gasteiger partial charge in [0.2, 0.25) is 0 Å². The highest BCUT2D eigenvalue weighted by Gasteiger charge is 2.16. The van der Waals surface area contributed by atoms with Gasteiger partial charge in [-0.3, -0.25) is 4.79 Å². The van der Waals surface area contributed by atoms with Gasteiger partial charge < -0.3 is 10.1 Å². The summed E-state index contributed by atoms with van der Waals surface area (Å²) in [7, 11) is 0. The smallest absolute Gasteiger partial charge is 0.265 e. The number of nitrogens with one attached hydrogen (secondary N) is 1. The van der Waals surface area contributed by atoms with Crippen LogP contribution in [0.5, 0.6) is 5.75 Å². The minimum atomic E-state index is -0.631. The Hall–Kier alpha value is -2.25. The van der Waals surface area contributed by atoms with E-state index < -0.39 is 6.10 Å². The van der Waals surface area contributed by atoms with E-state index in [1.807, 2.05) is 25.1 Å². The molecule has 0 aromatic heterocycles. The molecule has 1 N–H and O–H groups in total. The number of hydrogen-bond donors (Lipinski definition) is 1. The zero-order chi connectivity index (χ0) is 16.1. The molecule has 0 aliphatic rings. The number of carbonyl (C=O) groups is 1. The average Bonchev–Trinajstić information content (AvgIpc) is 2.50. The average molecular weight is 358 g/mol. The lowest BCUT2D eigenvalue weighted by atomic mass is 10.2. The Kier molecular flexibility index (Phi) is 5.24. The molecule has 22 heavy (non-hydrogen) atoms. The summed E-state index contributed by atoms with van der Waals surface area (Å²) >= 11 is 3.43. The number of ether oxygens (including phenoxy) is 1. The first kappa shape index (κ1) is 16.1. The van der Waals surface area contributed by atoms with E-state index in [0.29, 0.717) is 17.0 Å². The fourth-order valence-electron chi connectivity index (χ4n) is 1.88. The molecule has 0 saturated carbocycles. The van der Waals surface area contributed by atoms with Crippen molar-refractivity contribution >= 4 is 27.5 Å². The largest absolute Gasteiger partial charge is 0.480 e. The number of carbonyl (C=O) groups excluding carboxylic acids is 1. The van der Waals surface area contributed by atoms with Crippen LogP contribution in [0.1, 0.15) is 18.1 Å². The summed E-state index contributed by atoms with van der Waals surface area (Å²) in [5, 5.41) is 2.79. The van der Waals surface area contributed by atoms with Crippen molar-refractivity contribution in [2.24, 2.45) is 0 Å². The van der Waals surface area contributed by atoms with Crippen molar-refractivity contribution < 1.29 is 9.53 Å². The van der Waals surface area contributed by atoms with Crippen LogP contribution in [-0.2, 0) is 4.79 Å². The molecule has 1 amide bonds. The number of benzene rings is 2. The minimum Gasteiger partial charge on any atom is -0.480 e. The normalized spacial score (nSPS) is 11.4. The number of rotatable bonds is 4. The summed E-state index contributed by atoms with van der Waals surface area (Å²) in [6.07, 6.45) is 4.72. The van der Waals surface area contributed by atoms with Crippen molar-refractivity contribution in [2.75, 3.05) is 5.32 Å². The zero-order valence-corrected chi connectivity index (χ0v) is 14.0. The molecular formula is C18H16BrNO2. The van der Waals surface area contributed by atoms with Gasteiger partial charge in [-0.25, -0.2) is 0 Å². The predicted octanol–water partition coefficient (Wildman–Crippen LogP) is 4.14. The van der Waals surface area contributed by atoms with Crippen LogP contribution < -0.4 is 10.1 Å². The maximum absolute atomic E-state index is 12.2. The summed E-state index contributed by atoms with van der Waals surface area (Å²) in [6.45, 7) is 3.69. The third-order valence-corrected chi connectivity index (χ3v) is 3.68. The van der Waals surface area contributed by atoms with E-state index in [1.54, 1.807) is 31.2 Å². The quantitative estimate of drug-likeness (QED) is 0.834. The molecule has 1 atom stereocenters. The molecule has 3 nitrogen and oxygen atoms in total. The van der Waals surface area contributed by atoms with Crippen LogP contribution in [0.25, 0.3) is 0 Å². The van der Waals surface area contributed by atoms with E-state index in [9.17, 15) is 4.79 Å². The van der Waals surface area contributed by atoms with Gasteiger partial charge in [0.05, 0.1) is 4.47 Å². The lowest BCUT2D eigenvalue weighted by Gasteiger charge is -2.16. The highest BCUT2D eigenvalue weighted by Crippen LogP contribution is 2.26. The van der Waals surface area contributed by atoms with Crippen LogP contribution in [0, 0.1) is 19.3 Å². The van der Waals surface area contributed by atoms with Gasteiger partial charge in [0.25, 0.3) is 5.91 Å². The Balaban J connectivity index is 2.04. The SMILES string of the molecule is C#Cc1cccc(NC(=O)C(C)Oc2ccc(C)cc2Br)c1. The molecular weight excluding hydrogens is 342 g/mol. The molecule has 4 heteroatoms. The van der Waals surface area contributed by atoms with E-state index >= 15 is 0 Å². The van der Waals surface area contributed by atoms with Gasteiger partial charge in [-0.1, -0.05) is 18.1 Å². The van der Waals surface area contributed by atoms with Crippen molar-refractivity contribution in [3.05, 3.63) is 58.1 Å². The van der Waals surface area contributed by atoms with Gasteiger partial charge in [0.15, 0.2) is 6.10 Å². The van der Waals surface area contributed by atoms with Crippen LogP contribution in [0.15, 0.2) is 46.9 Å². The van der Waals surface area contributed by atoms with Gasteiger partial charge in [0.1, 0.15) is 5.75 Å². The standard InChI is InChI=1S/C18H16BrNO2/c1-4-14-6-5-7-15(11-14)20-18(21)13(3)22-17-9-8-12(2)10-16(17)19/h1,5-11,13H,2-3H3,(H,20,21). The lowest BCUT2D eigenvalue weighted by molar-refractivity contribution is -0.122. The summed E-state index contributed by atoms with van der Waals surface area (Å²) in [6, 6.07) is 12.8. The van der Waals surface area contributed by atoms with Gasteiger partial charge in [0, 0.05) is 11.3 Å². The lowest BCUT2D eigenvalue weighted by Crippen LogP contribution is -2.30. The Bertz CT molecular complexity index is 734. The van der Waals surface area contributed by atoms with E-state index in [0.717, 1.165) is 10.0 Å². The van der Waals surface area contributed by atoms with Crippen molar-refractivity contribution in [3.8, 4) is 18.1 Å². The van der Waals surface area contributed by atoms with Crippen molar-refractivity contribution in [3.63, 3.8) is 0 Å². The zero-order valence-electron chi connectivity index (χ0n) is 12.4. The van der Waals surface area contributed by atoms with Crippen molar-refractivity contribution in [1.82, 2.24) is 0 Å². The van der Waals surface area contributed by atoms with Gasteiger partial charge in [-0.2, -0.15) is 0 Å². The van der Waals surface area contributed by atoms with E-state index in [1.165, 1.54) is 0 Å². The van der Waals surface area contributed by atoms with Crippen molar-refractivity contribution in [1.29, 1.82) is 0 Å². The molecule has 0 bridgehead atoms. The van der Waals surface area contributed by atoms with Crippen LogP contribution >= 0.6 is 15.9 Å². The number of anilines is 1. The predicted molar refractivity (Wildman–Crippen MR) is 92.0 cm³/mol. The summed E-state index contributed by atoms with van der Waals surface area (Å²) < 4.78 is 6.51. The van der Waals surface area contributed by atoms with Gasteiger partial charge in [-0.15, -0.1) is 6.42 Å². The fraction of sp³-hybridized carbons (Fsp3) is 0.167. The third kappa shape index (κ3) is 4.12. The van der Waals surface area contributed by atoms with Gasteiger partial charge in [-0.05, 0) is 65.7 Å². The second kappa shape index (κ2) is 7.15. The highest BCUT2D eigenvalue weighted by molar-refractivity contribution is 9.10. The van der Waals surface area contributed by atoms with Crippen molar-refractivity contribution in [2.45, 2.75) is 20.0 Å². The van der Waals surface area contributed by atoms with E-state index in [-0.39, 0.29) is 5.91 Å². The van der Waals surface area contributed by atoms with E-state index in [4.69, 9.17) is 11.2 Å². The summed E-state index contributed by atoms with van der Waals surface area (Å²) in [5.74, 6) is 2.93. The second-order valence-electron chi connectivity index (χ2n) is 4.91. The second-order valence-corrected chi connectivity index (χ2v) is 5.76. The first-order valence-electron chi connectivity index (χ1n) is 6.80. The third-order valence-electron chi connectivity index (χ3n) is 3.06. The minimum absolute atomic E-state index is 0.235. The van der Waals surface area contributed by atoms with Crippen LogP contribution in [-0.4, -0.2) is 12.0 Å². The molecule has 0 radical (unpaired) electrons. The van der Waals surface area contributed by atoms with Crippen LogP contribution in [0.4, 0.5) is 5.69 Å². The first-order chi connectivity index (χ1) is 10.5. The first-order valence-corrected chi connectivity index (χ1v) is 7.59. The molecule has 0 spiro atoms. The maximum Gasteiger partial charge on any atom is 0.265 e. The molecule has 2 rings (SSSR count). The Morgan fingerprint density at radius 3 is 2.77 bits per heavy atom. The van der Waals surface area contributed by atoms with Crippen LogP contribution in [0.3, 0.4) is 0 Å². The molecule has 2 aromatic carbocycles. The maximum atomic E-state index is 12.2. The number of terminal acetylenes is 1. The Morgan fingerprint density at radius 2 is 2.09 bits per heavy atom. The Morgan fingerprint density at radius 1 is 1.32 bits per heavy atom.